The van der Waals surface area contributed by atoms with Crippen molar-refractivity contribution in [2.45, 2.75) is 39.5 Å². The smallest absolute Gasteiger partial charge is 0.223 e. The molecule has 0 aromatic carbocycles. The quantitative estimate of drug-likeness (QED) is 0.742. The van der Waals surface area contributed by atoms with E-state index in [0.717, 1.165) is 19.4 Å². The van der Waals surface area contributed by atoms with Crippen LogP contribution in [0.25, 0.3) is 0 Å². The fourth-order valence-corrected chi connectivity index (χ4v) is 2.27. The Kier molecular flexibility index (Phi) is 5.09. The van der Waals surface area contributed by atoms with Crippen molar-refractivity contribution in [1.82, 2.24) is 5.32 Å². The summed E-state index contributed by atoms with van der Waals surface area (Å²) < 4.78 is 0. The van der Waals surface area contributed by atoms with Gasteiger partial charge in [0, 0.05) is 12.5 Å². The van der Waals surface area contributed by atoms with Crippen LogP contribution in [0.4, 0.5) is 0 Å². The first-order valence-corrected chi connectivity index (χ1v) is 6.13. The van der Waals surface area contributed by atoms with Crippen molar-refractivity contribution in [3.05, 3.63) is 0 Å². The van der Waals surface area contributed by atoms with Crippen LogP contribution in [0.1, 0.15) is 39.5 Å². The van der Waals surface area contributed by atoms with Crippen molar-refractivity contribution in [3.63, 3.8) is 0 Å². The second-order valence-electron chi connectivity index (χ2n) is 5.03. The fourth-order valence-electron chi connectivity index (χ4n) is 2.27. The zero-order valence-corrected chi connectivity index (χ0v) is 9.96. The highest BCUT2D eigenvalue weighted by atomic mass is 16.1. The molecule has 2 unspecified atom stereocenters. The lowest BCUT2D eigenvalue weighted by atomic mass is 9.78. The van der Waals surface area contributed by atoms with Gasteiger partial charge in [-0.05, 0) is 31.2 Å². The Morgan fingerprint density at radius 1 is 1.40 bits per heavy atom. The minimum atomic E-state index is 0.169. The Bertz CT molecular complexity index is 204. The molecule has 1 amide bonds. The molecule has 1 rings (SSSR count). The van der Waals surface area contributed by atoms with Gasteiger partial charge in [0.15, 0.2) is 0 Å². The first-order valence-electron chi connectivity index (χ1n) is 6.13. The number of hydrogen-bond donors (Lipinski definition) is 2. The van der Waals surface area contributed by atoms with Gasteiger partial charge in [-0.3, -0.25) is 4.79 Å². The highest BCUT2D eigenvalue weighted by molar-refractivity contribution is 5.79. The lowest BCUT2D eigenvalue weighted by Crippen LogP contribution is -2.40. The molecule has 1 aliphatic carbocycles. The van der Waals surface area contributed by atoms with E-state index in [0.29, 0.717) is 18.4 Å². The van der Waals surface area contributed by atoms with Crippen LogP contribution in [0, 0.1) is 17.8 Å². The molecule has 3 heteroatoms. The largest absolute Gasteiger partial charge is 0.356 e. The second-order valence-corrected chi connectivity index (χ2v) is 5.03. The lowest BCUT2D eigenvalue weighted by Gasteiger charge is -2.29. The molecular formula is C12H24N2O. The van der Waals surface area contributed by atoms with E-state index in [1.807, 2.05) is 0 Å². The number of rotatable bonds is 4. The van der Waals surface area contributed by atoms with Crippen LogP contribution in [0.3, 0.4) is 0 Å². The van der Waals surface area contributed by atoms with E-state index in [2.05, 4.69) is 19.2 Å². The van der Waals surface area contributed by atoms with E-state index in [4.69, 9.17) is 5.73 Å². The normalized spacial score (nSPS) is 26.7. The van der Waals surface area contributed by atoms with Crippen LogP contribution in [-0.2, 0) is 4.79 Å². The molecule has 1 fully saturated rings. The van der Waals surface area contributed by atoms with Crippen molar-refractivity contribution in [1.29, 1.82) is 0 Å². The minimum Gasteiger partial charge on any atom is -0.356 e. The number of nitrogens with two attached hydrogens (primary N) is 1. The average Bonchev–Trinajstić information content (AvgIpc) is 2.25. The topological polar surface area (TPSA) is 55.1 Å². The molecule has 1 aliphatic rings. The Hall–Kier alpha value is -0.570. The van der Waals surface area contributed by atoms with Crippen LogP contribution >= 0.6 is 0 Å². The molecule has 1 saturated carbocycles. The van der Waals surface area contributed by atoms with Gasteiger partial charge < -0.3 is 11.1 Å². The van der Waals surface area contributed by atoms with Crippen LogP contribution < -0.4 is 11.1 Å². The zero-order valence-electron chi connectivity index (χ0n) is 9.96. The first kappa shape index (κ1) is 12.5. The van der Waals surface area contributed by atoms with Crippen LogP contribution in [0.5, 0.6) is 0 Å². The van der Waals surface area contributed by atoms with Gasteiger partial charge >= 0.3 is 0 Å². The second kappa shape index (κ2) is 6.11. The maximum Gasteiger partial charge on any atom is 0.223 e. The molecule has 0 radical (unpaired) electrons. The van der Waals surface area contributed by atoms with Gasteiger partial charge in [-0.2, -0.15) is 0 Å². The summed E-state index contributed by atoms with van der Waals surface area (Å²) in [5.41, 5.74) is 5.71. The number of amides is 1. The van der Waals surface area contributed by atoms with Gasteiger partial charge in [0.25, 0.3) is 0 Å². The fraction of sp³-hybridized carbons (Fsp3) is 0.917. The number of carbonyl (C=O) groups is 1. The number of carbonyl (C=O) groups excluding carboxylic acids is 1. The molecule has 0 saturated heterocycles. The molecule has 0 aliphatic heterocycles. The van der Waals surface area contributed by atoms with Gasteiger partial charge in [0.2, 0.25) is 5.91 Å². The van der Waals surface area contributed by atoms with Crippen molar-refractivity contribution in [2.24, 2.45) is 23.5 Å². The number of hydrogen-bond acceptors (Lipinski definition) is 2. The molecule has 88 valence electrons. The summed E-state index contributed by atoms with van der Waals surface area (Å²) in [7, 11) is 0. The highest BCUT2D eigenvalue weighted by Crippen LogP contribution is 2.29. The molecule has 3 N–H and O–H groups in total. The van der Waals surface area contributed by atoms with Gasteiger partial charge in [0.1, 0.15) is 0 Å². The number of nitrogens with one attached hydrogen (secondary N) is 1. The predicted octanol–water partition coefficient (Wildman–Crippen LogP) is 1.52. The van der Waals surface area contributed by atoms with E-state index in [9.17, 15) is 4.79 Å². The van der Waals surface area contributed by atoms with Gasteiger partial charge in [-0.1, -0.05) is 26.7 Å². The van der Waals surface area contributed by atoms with Crippen molar-refractivity contribution >= 4 is 5.91 Å². The molecule has 15 heavy (non-hydrogen) atoms. The summed E-state index contributed by atoms with van der Waals surface area (Å²) in [4.78, 5) is 11.9. The maximum atomic E-state index is 11.9. The molecule has 0 aromatic rings. The summed E-state index contributed by atoms with van der Waals surface area (Å²) >= 11 is 0. The van der Waals surface area contributed by atoms with E-state index < -0.39 is 0 Å². The summed E-state index contributed by atoms with van der Waals surface area (Å²) in [6.07, 6.45) is 4.55. The summed E-state index contributed by atoms with van der Waals surface area (Å²) in [5.74, 6) is 1.32. The summed E-state index contributed by atoms with van der Waals surface area (Å²) in [5, 5.41) is 3.02. The van der Waals surface area contributed by atoms with E-state index in [1.165, 1.54) is 12.8 Å². The van der Waals surface area contributed by atoms with E-state index in [1.54, 1.807) is 0 Å². The van der Waals surface area contributed by atoms with Gasteiger partial charge in [-0.15, -0.1) is 0 Å². The molecule has 2 atom stereocenters. The first-order chi connectivity index (χ1) is 7.15. The molecule has 0 heterocycles. The Morgan fingerprint density at radius 3 is 2.67 bits per heavy atom. The van der Waals surface area contributed by atoms with Crippen molar-refractivity contribution < 1.29 is 4.79 Å². The highest BCUT2D eigenvalue weighted by Gasteiger charge is 2.29. The lowest BCUT2D eigenvalue weighted by molar-refractivity contribution is -0.127. The Balaban J connectivity index is 2.41. The standard InChI is InChI=1S/C12H24N2O/c1-9(2)8-14-12(15)11-6-4-3-5-10(11)7-13/h9-11H,3-8,13H2,1-2H3,(H,14,15). The zero-order chi connectivity index (χ0) is 11.3. The van der Waals surface area contributed by atoms with Crippen molar-refractivity contribution in [2.75, 3.05) is 13.1 Å². The maximum absolute atomic E-state index is 11.9. The monoisotopic (exact) mass is 212 g/mol. The molecule has 3 nitrogen and oxygen atoms in total. The third-order valence-electron chi connectivity index (χ3n) is 3.23. The van der Waals surface area contributed by atoms with Crippen molar-refractivity contribution in [3.8, 4) is 0 Å². The Labute approximate surface area is 92.8 Å². The van der Waals surface area contributed by atoms with E-state index >= 15 is 0 Å². The Morgan fingerprint density at radius 2 is 2.07 bits per heavy atom. The molecular weight excluding hydrogens is 188 g/mol. The van der Waals surface area contributed by atoms with Crippen LogP contribution in [0.2, 0.25) is 0 Å². The third kappa shape index (κ3) is 3.82. The molecule has 0 aromatic heterocycles. The van der Waals surface area contributed by atoms with E-state index in [-0.39, 0.29) is 11.8 Å². The van der Waals surface area contributed by atoms with Gasteiger partial charge in [-0.25, -0.2) is 0 Å². The molecule has 0 bridgehead atoms. The average molecular weight is 212 g/mol. The summed E-state index contributed by atoms with van der Waals surface area (Å²) in [6.45, 7) is 5.66. The molecule has 0 spiro atoms. The van der Waals surface area contributed by atoms with Gasteiger partial charge in [0.05, 0.1) is 0 Å². The third-order valence-corrected chi connectivity index (χ3v) is 3.23. The predicted molar refractivity (Wildman–Crippen MR) is 62.4 cm³/mol. The van der Waals surface area contributed by atoms with Crippen LogP contribution in [0.15, 0.2) is 0 Å². The minimum absolute atomic E-state index is 0.169. The summed E-state index contributed by atoms with van der Waals surface area (Å²) in [6, 6.07) is 0. The SMILES string of the molecule is CC(C)CNC(=O)C1CCCCC1CN. The van der Waals surface area contributed by atoms with Crippen LogP contribution in [-0.4, -0.2) is 19.0 Å².